The van der Waals surface area contributed by atoms with Crippen LogP contribution in [-0.2, 0) is 11.3 Å². The summed E-state index contributed by atoms with van der Waals surface area (Å²) in [5.74, 6) is 0.545. The molecule has 1 saturated heterocycles. The van der Waals surface area contributed by atoms with Gasteiger partial charge in [0.05, 0.1) is 6.04 Å². The molecule has 5 nitrogen and oxygen atoms in total. The Kier molecular flexibility index (Phi) is 6.13. The molecule has 0 aromatic carbocycles. The number of nitrogens with zero attached hydrogens (tertiary/aromatic N) is 3. The monoisotopic (exact) mass is 318 g/mol. The van der Waals surface area contributed by atoms with Gasteiger partial charge in [0.1, 0.15) is 0 Å². The first-order valence-electron chi connectivity index (χ1n) is 8.62. The molecule has 0 bridgehead atoms. The fraction of sp³-hybridized carbons (Fsp3) is 0.667. The predicted octanol–water partition coefficient (Wildman–Crippen LogP) is 1.80. The van der Waals surface area contributed by atoms with Crippen molar-refractivity contribution in [2.45, 2.75) is 52.7 Å². The highest BCUT2D eigenvalue weighted by molar-refractivity contribution is 5.81. The first-order chi connectivity index (χ1) is 10.9. The van der Waals surface area contributed by atoms with Gasteiger partial charge in [-0.25, -0.2) is 0 Å². The quantitative estimate of drug-likeness (QED) is 0.899. The molecule has 128 valence electrons. The standard InChI is InChI=1S/C18H30N4O/c1-5-13(2)17-12-21(8-9-22(17)18(23)15(4)19)11-16-7-6-14(3)20-10-16/h6-7,10,13,15,17H,5,8-9,11-12,19H2,1-4H3/t13-,15-,17+/m0/s1. The Morgan fingerprint density at radius 1 is 1.39 bits per heavy atom. The highest BCUT2D eigenvalue weighted by Gasteiger charge is 2.34. The molecule has 0 radical (unpaired) electrons. The number of amides is 1. The molecule has 2 rings (SSSR count). The SMILES string of the molecule is CC[C@H](C)[C@H]1CN(Cc2ccc(C)nc2)CCN1C(=O)[C@H](C)N. The fourth-order valence-corrected chi connectivity index (χ4v) is 3.16. The molecule has 0 aliphatic carbocycles. The van der Waals surface area contributed by atoms with Crippen molar-refractivity contribution in [3.63, 3.8) is 0 Å². The van der Waals surface area contributed by atoms with Gasteiger partial charge in [0.25, 0.3) is 0 Å². The van der Waals surface area contributed by atoms with Gasteiger partial charge in [-0.1, -0.05) is 26.3 Å². The number of nitrogens with two attached hydrogens (primary N) is 1. The number of hydrogen-bond acceptors (Lipinski definition) is 4. The predicted molar refractivity (Wildman–Crippen MR) is 92.9 cm³/mol. The lowest BCUT2D eigenvalue weighted by Crippen LogP contribution is -2.59. The van der Waals surface area contributed by atoms with E-state index in [1.807, 2.05) is 18.0 Å². The first kappa shape index (κ1) is 17.9. The number of carbonyl (C=O) groups is 1. The molecule has 23 heavy (non-hydrogen) atoms. The third-order valence-electron chi connectivity index (χ3n) is 4.85. The molecule has 1 aliphatic rings. The van der Waals surface area contributed by atoms with Crippen LogP contribution in [0.5, 0.6) is 0 Å². The average Bonchev–Trinajstić information content (AvgIpc) is 2.55. The number of aromatic nitrogens is 1. The largest absolute Gasteiger partial charge is 0.336 e. The van der Waals surface area contributed by atoms with Gasteiger partial charge >= 0.3 is 0 Å². The van der Waals surface area contributed by atoms with Crippen LogP contribution in [0.2, 0.25) is 0 Å². The second-order valence-corrected chi connectivity index (χ2v) is 6.82. The van der Waals surface area contributed by atoms with Crippen LogP contribution in [-0.4, -0.2) is 52.4 Å². The lowest BCUT2D eigenvalue weighted by atomic mass is 9.94. The van der Waals surface area contributed by atoms with E-state index in [9.17, 15) is 4.79 Å². The van der Waals surface area contributed by atoms with Crippen molar-refractivity contribution < 1.29 is 4.79 Å². The molecule has 1 aromatic rings. The van der Waals surface area contributed by atoms with Crippen LogP contribution in [0.1, 0.15) is 38.4 Å². The van der Waals surface area contributed by atoms with Crippen LogP contribution in [0.25, 0.3) is 0 Å². The topological polar surface area (TPSA) is 62.5 Å². The zero-order valence-electron chi connectivity index (χ0n) is 14.8. The van der Waals surface area contributed by atoms with E-state index in [0.29, 0.717) is 5.92 Å². The lowest BCUT2D eigenvalue weighted by Gasteiger charge is -2.44. The van der Waals surface area contributed by atoms with E-state index in [1.165, 1.54) is 5.56 Å². The van der Waals surface area contributed by atoms with Crippen molar-refractivity contribution in [2.24, 2.45) is 11.7 Å². The van der Waals surface area contributed by atoms with Crippen molar-refractivity contribution >= 4 is 5.91 Å². The number of aryl methyl sites for hydroxylation is 1. The van der Waals surface area contributed by atoms with Crippen LogP contribution < -0.4 is 5.73 Å². The van der Waals surface area contributed by atoms with Crippen molar-refractivity contribution in [2.75, 3.05) is 19.6 Å². The number of piperazine rings is 1. The molecule has 0 saturated carbocycles. The van der Waals surface area contributed by atoms with Crippen LogP contribution >= 0.6 is 0 Å². The van der Waals surface area contributed by atoms with Crippen LogP contribution in [0.15, 0.2) is 18.3 Å². The molecule has 1 aromatic heterocycles. The van der Waals surface area contributed by atoms with Gasteiger partial charge in [0.2, 0.25) is 5.91 Å². The molecule has 2 heterocycles. The maximum absolute atomic E-state index is 12.4. The van der Waals surface area contributed by atoms with E-state index >= 15 is 0 Å². The summed E-state index contributed by atoms with van der Waals surface area (Å²) in [4.78, 5) is 21.2. The molecular formula is C18H30N4O. The van der Waals surface area contributed by atoms with Crippen molar-refractivity contribution in [1.82, 2.24) is 14.8 Å². The third kappa shape index (κ3) is 4.52. The second kappa shape index (κ2) is 7.88. The maximum atomic E-state index is 12.4. The summed E-state index contributed by atoms with van der Waals surface area (Å²) < 4.78 is 0. The Morgan fingerprint density at radius 3 is 2.70 bits per heavy atom. The fourth-order valence-electron chi connectivity index (χ4n) is 3.16. The molecule has 0 spiro atoms. The maximum Gasteiger partial charge on any atom is 0.239 e. The average molecular weight is 318 g/mol. The van der Waals surface area contributed by atoms with Crippen molar-refractivity contribution in [3.8, 4) is 0 Å². The van der Waals surface area contributed by atoms with E-state index < -0.39 is 6.04 Å². The van der Waals surface area contributed by atoms with Gasteiger partial charge in [0.15, 0.2) is 0 Å². The van der Waals surface area contributed by atoms with Gasteiger partial charge in [0, 0.05) is 44.1 Å². The Bertz CT molecular complexity index is 514. The summed E-state index contributed by atoms with van der Waals surface area (Å²) in [7, 11) is 0. The summed E-state index contributed by atoms with van der Waals surface area (Å²) in [5, 5.41) is 0. The summed E-state index contributed by atoms with van der Waals surface area (Å²) >= 11 is 0. The van der Waals surface area contributed by atoms with Gasteiger partial charge < -0.3 is 10.6 Å². The first-order valence-corrected chi connectivity index (χ1v) is 8.62. The third-order valence-corrected chi connectivity index (χ3v) is 4.85. The van der Waals surface area contributed by atoms with E-state index in [0.717, 1.165) is 38.3 Å². The number of hydrogen-bond donors (Lipinski definition) is 1. The minimum atomic E-state index is -0.422. The highest BCUT2D eigenvalue weighted by Crippen LogP contribution is 2.22. The molecule has 3 atom stereocenters. The Morgan fingerprint density at radius 2 is 2.13 bits per heavy atom. The van der Waals surface area contributed by atoms with E-state index in [2.05, 4.69) is 35.9 Å². The molecule has 0 unspecified atom stereocenters. The Balaban J connectivity index is 2.06. The minimum absolute atomic E-state index is 0.0759. The summed E-state index contributed by atoms with van der Waals surface area (Å²) in [6, 6.07) is 4.01. The normalized spacial score (nSPS) is 22.0. The second-order valence-electron chi connectivity index (χ2n) is 6.82. The molecule has 1 amide bonds. The van der Waals surface area contributed by atoms with Gasteiger partial charge in [-0.15, -0.1) is 0 Å². The van der Waals surface area contributed by atoms with E-state index in [1.54, 1.807) is 6.92 Å². The number of carbonyl (C=O) groups excluding carboxylic acids is 1. The van der Waals surface area contributed by atoms with Crippen LogP contribution in [0.4, 0.5) is 0 Å². The smallest absolute Gasteiger partial charge is 0.239 e. The summed E-state index contributed by atoms with van der Waals surface area (Å²) in [6.45, 7) is 11.6. The van der Waals surface area contributed by atoms with Crippen molar-refractivity contribution in [3.05, 3.63) is 29.6 Å². The van der Waals surface area contributed by atoms with Crippen molar-refractivity contribution in [1.29, 1.82) is 0 Å². The number of rotatable bonds is 5. The minimum Gasteiger partial charge on any atom is -0.336 e. The highest BCUT2D eigenvalue weighted by atomic mass is 16.2. The van der Waals surface area contributed by atoms with Gasteiger partial charge in [-0.3, -0.25) is 14.7 Å². The van der Waals surface area contributed by atoms with Gasteiger partial charge in [-0.2, -0.15) is 0 Å². The molecule has 1 fully saturated rings. The molecule has 2 N–H and O–H groups in total. The Hall–Kier alpha value is -1.46. The lowest BCUT2D eigenvalue weighted by molar-refractivity contribution is -0.138. The zero-order valence-corrected chi connectivity index (χ0v) is 14.8. The zero-order chi connectivity index (χ0) is 17.0. The van der Waals surface area contributed by atoms with Crippen LogP contribution in [0.3, 0.4) is 0 Å². The van der Waals surface area contributed by atoms with Gasteiger partial charge in [-0.05, 0) is 31.4 Å². The summed E-state index contributed by atoms with van der Waals surface area (Å²) in [6.07, 6.45) is 3.01. The molecular weight excluding hydrogens is 288 g/mol. The number of pyridine rings is 1. The van der Waals surface area contributed by atoms with E-state index in [4.69, 9.17) is 5.73 Å². The summed E-state index contributed by atoms with van der Waals surface area (Å²) in [5.41, 5.74) is 8.10. The molecule has 5 heteroatoms. The van der Waals surface area contributed by atoms with Crippen LogP contribution in [0, 0.1) is 12.8 Å². The Labute approximate surface area is 139 Å². The molecule has 1 aliphatic heterocycles. The van der Waals surface area contributed by atoms with E-state index in [-0.39, 0.29) is 11.9 Å².